The summed E-state index contributed by atoms with van der Waals surface area (Å²) in [5, 5.41) is 14.5. The van der Waals surface area contributed by atoms with E-state index in [0.717, 1.165) is 34.3 Å². The van der Waals surface area contributed by atoms with Crippen LogP contribution in [0.15, 0.2) is 53.0 Å². The lowest BCUT2D eigenvalue weighted by atomic mass is 10.1. The minimum atomic E-state index is -0.242. The molecule has 2 heterocycles. The summed E-state index contributed by atoms with van der Waals surface area (Å²) in [5.74, 6) is 0.930. The number of benzene rings is 1. The summed E-state index contributed by atoms with van der Waals surface area (Å²) in [6.07, 6.45) is 2.30. The third-order valence-electron chi connectivity index (χ3n) is 4.63. The van der Waals surface area contributed by atoms with Gasteiger partial charge in [-0.2, -0.15) is 0 Å². The van der Waals surface area contributed by atoms with E-state index in [0.29, 0.717) is 6.04 Å². The van der Waals surface area contributed by atoms with Crippen LogP contribution in [0.2, 0.25) is 0 Å². The smallest absolute Gasteiger partial charge is 0.233 e. The van der Waals surface area contributed by atoms with Crippen molar-refractivity contribution in [2.75, 3.05) is 0 Å². The van der Waals surface area contributed by atoms with Gasteiger partial charge >= 0.3 is 0 Å². The lowest BCUT2D eigenvalue weighted by Gasteiger charge is -2.18. The number of aromatic nitrogens is 3. The number of thioether (sulfide) groups is 1. The fourth-order valence-electron chi connectivity index (χ4n) is 2.96. The SMILES string of the molecule is C[C@H](Sc1nnc(-c2cccs2)n1C1CC1)C(=O)N[C@@H](C)c1ccccc1. The molecule has 0 radical (unpaired) electrons. The van der Waals surface area contributed by atoms with Crippen LogP contribution in [0.25, 0.3) is 10.7 Å². The molecule has 0 spiro atoms. The Bertz CT molecular complexity index is 903. The van der Waals surface area contributed by atoms with Crippen LogP contribution in [-0.2, 0) is 4.79 Å². The normalized spacial score (nSPS) is 16.1. The second-order valence-electron chi connectivity index (χ2n) is 6.79. The summed E-state index contributed by atoms with van der Waals surface area (Å²) in [6.45, 7) is 3.93. The van der Waals surface area contributed by atoms with E-state index < -0.39 is 0 Å². The Kier molecular flexibility index (Phi) is 5.31. The molecule has 27 heavy (non-hydrogen) atoms. The van der Waals surface area contributed by atoms with Crippen LogP contribution in [0.4, 0.5) is 0 Å². The van der Waals surface area contributed by atoms with Crippen molar-refractivity contribution in [3.63, 3.8) is 0 Å². The Morgan fingerprint density at radius 1 is 1.19 bits per heavy atom. The number of hydrogen-bond donors (Lipinski definition) is 1. The van der Waals surface area contributed by atoms with Gasteiger partial charge in [0.05, 0.1) is 16.2 Å². The molecule has 2 atom stereocenters. The number of amides is 1. The second kappa shape index (κ2) is 7.86. The van der Waals surface area contributed by atoms with E-state index in [-0.39, 0.29) is 17.2 Å². The highest BCUT2D eigenvalue weighted by Crippen LogP contribution is 2.42. The molecule has 4 rings (SSSR count). The van der Waals surface area contributed by atoms with Gasteiger partial charge in [-0.25, -0.2) is 0 Å². The number of thiophene rings is 1. The van der Waals surface area contributed by atoms with Gasteiger partial charge in [0.25, 0.3) is 0 Å². The van der Waals surface area contributed by atoms with Gasteiger partial charge in [0.1, 0.15) is 0 Å². The largest absolute Gasteiger partial charge is 0.349 e. The average molecular weight is 399 g/mol. The predicted molar refractivity (Wildman–Crippen MR) is 110 cm³/mol. The van der Waals surface area contributed by atoms with Gasteiger partial charge < -0.3 is 5.32 Å². The second-order valence-corrected chi connectivity index (χ2v) is 9.04. The van der Waals surface area contributed by atoms with Crippen LogP contribution in [0, 0.1) is 0 Å². The van der Waals surface area contributed by atoms with Gasteiger partial charge in [-0.1, -0.05) is 48.2 Å². The van der Waals surface area contributed by atoms with E-state index in [4.69, 9.17) is 0 Å². The number of hydrogen-bond acceptors (Lipinski definition) is 5. The fourth-order valence-corrected chi connectivity index (χ4v) is 4.59. The molecule has 2 aromatic heterocycles. The van der Waals surface area contributed by atoms with Crippen molar-refractivity contribution in [1.82, 2.24) is 20.1 Å². The van der Waals surface area contributed by atoms with Crippen molar-refractivity contribution < 1.29 is 4.79 Å². The Morgan fingerprint density at radius 2 is 1.96 bits per heavy atom. The Balaban J connectivity index is 1.46. The summed E-state index contributed by atoms with van der Waals surface area (Å²) in [5.41, 5.74) is 1.10. The van der Waals surface area contributed by atoms with Crippen LogP contribution >= 0.6 is 23.1 Å². The molecule has 1 aliphatic rings. The van der Waals surface area contributed by atoms with Gasteiger partial charge in [0, 0.05) is 6.04 Å². The first-order valence-electron chi connectivity index (χ1n) is 9.14. The monoisotopic (exact) mass is 398 g/mol. The summed E-state index contributed by atoms with van der Waals surface area (Å²) in [6, 6.07) is 14.5. The first-order valence-corrected chi connectivity index (χ1v) is 10.9. The standard InChI is InChI=1S/C20H22N4OS2/c1-13(15-7-4-3-5-8-15)21-19(25)14(2)27-20-23-22-18(17-9-6-12-26-17)24(20)16-10-11-16/h3-9,12-14,16H,10-11H2,1-2H3,(H,21,25)/t13-,14-/m0/s1. The summed E-state index contributed by atoms with van der Waals surface area (Å²) >= 11 is 3.15. The molecule has 0 unspecified atom stereocenters. The summed E-state index contributed by atoms with van der Waals surface area (Å²) < 4.78 is 2.21. The fraction of sp³-hybridized carbons (Fsp3) is 0.350. The van der Waals surface area contributed by atoms with Crippen LogP contribution < -0.4 is 5.32 Å². The number of nitrogens with zero attached hydrogens (tertiary/aromatic N) is 3. The van der Waals surface area contributed by atoms with Crippen LogP contribution in [0.5, 0.6) is 0 Å². The molecule has 0 aliphatic heterocycles. The zero-order valence-corrected chi connectivity index (χ0v) is 17.0. The van der Waals surface area contributed by atoms with Gasteiger partial charge in [0.2, 0.25) is 5.91 Å². The van der Waals surface area contributed by atoms with Crippen LogP contribution in [0.1, 0.15) is 44.3 Å². The van der Waals surface area contributed by atoms with Crippen molar-refractivity contribution >= 4 is 29.0 Å². The number of nitrogens with one attached hydrogen (secondary N) is 1. The zero-order valence-electron chi connectivity index (χ0n) is 15.3. The third kappa shape index (κ3) is 4.09. The van der Waals surface area contributed by atoms with Gasteiger partial charge in [-0.15, -0.1) is 21.5 Å². The predicted octanol–water partition coefficient (Wildman–Crippen LogP) is 4.70. The lowest BCUT2D eigenvalue weighted by molar-refractivity contribution is -0.120. The van der Waals surface area contributed by atoms with E-state index in [1.54, 1.807) is 11.3 Å². The molecule has 5 nitrogen and oxygen atoms in total. The van der Waals surface area contributed by atoms with Crippen molar-refractivity contribution in [1.29, 1.82) is 0 Å². The Labute approximate surface area is 167 Å². The van der Waals surface area contributed by atoms with E-state index in [2.05, 4.69) is 31.5 Å². The summed E-state index contributed by atoms with van der Waals surface area (Å²) in [7, 11) is 0. The number of carbonyl (C=O) groups is 1. The maximum atomic E-state index is 12.7. The van der Waals surface area contributed by atoms with E-state index in [9.17, 15) is 4.79 Å². The van der Waals surface area contributed by atoms with Gasteiger partial charge in [0.15, 0.2) is 11.0 Å². The molecule has 1 amide bonds. The molecule has 3 aromatic rings. The highest BCUT2D eigenvalue weighted by Gasteiger charge is 2.32. The van der Waals surface area contributed by atoms with Crippen molar-refractivity contribution in [3.05, 3.63) is 53.4 Å². The van der Waals surface area contributed by atoms with Crippen molar-refractivity contribution in [2.24, 2.45) is 0 Å². The van der Waals surface area contributed by atoms with Gasteiger partial charge in [-0.05, 0) is 43.7 Å². The number of rotatable bonds is 7. The molecule has 1 aromatic carbocycles. The Morgan fingerprint density at radius 3 is 2.63 bits per heavy atom. The first-order chi connectivity index (χ1) is 13.1. The molecular formula is C20H22N4OS2. The molecule has 0 bridgehead atoms. The highest BCUT2D eigenvalue weighted by atomic mass is 32.2. The molecule has 1 N–H and O–H groups in total. The molecular weight excluding hydrogens is 376 g/mol. The van der Waals surface area contributed by atoms with Gasteiger partial charge in [-0.3, -0.25) is 9.36 Å². The molecule has 7 heteroatoms. The van der Waals surface area contributed by atoms with Crippen LogP contribution in [0.3, 0.4) is 0 Å². The summed E-state index contributed by atoms with van der Waals surface area (Å²) in [4.78, 5) is 13.8. The zero-order chi connectivity index (χ0) is 18.8. The average Bonchev–Trinajstić information content (AvgIpc) is 3.20. The third-order valence-corrected chi connectivity index (χ3v) is 6.55. The minimum absolute atomic E-state index is 0.0133. The number of carbonyl (C=O) groups excluding carboxylic acids is 1. The Hall–Kier alpha value is -2.12. The topological polar surface area (TPSA) is 59.8 Å². The maximum absolute atomic E-state index is 12.7. The molecule has 1 saturated carbocycles. The first kappa shape index (κ1) is 18.3. The minimum Gasteiger partial charge on any atom is -0.349 e. The molecule has 140 valence electrons. The van der Waals surface area contributed by atoms with E-state index in [1.165, 1.54) is 11.8 Å². The highest BCUT2D eigenvalue weighted by molar-refractivity contribution is 8.00. The lowest BCUT2D eigenvalue weighted by Crippen LogP contribution is -2.33. The maximum Gasteiger partial charge on any atom is 0.233 e. The van der Waals surface area contributed by atoms with Crippen molar-refractivity contribution in [2.45, 2.75) is 49.2 Å². The van der Waals surface area contributed by atoms with E-state index >= 15 is 0 Å². The molecule has 0 saturated heterocycles. The van der Waals surface area contributed by atoms with Crippen molar-refractivity contribution in [3.8, 4) is 10.7 Å². The molecule has 1 aliphatic carbocycles. The quantitative estimate of drug-likeness (QED) is 0.586. The van der Waals surface area contributed by atoms with E-state index in [1.807, 2.05) is 50.2 Å². The van der Waals surface area contributed by atoms with Crippen LogP contribution in [-0.4, -0.2) is 25.9 Å². The molecule has 1 fully saturated rings.